The third-order valence-corrected chi connectivity index (χ3v) is 9.24. The largest absolute Gasteiger partial charge is 0.497 e. The zero-order chi connectivity index (χ0) is 27.4. The van der Waals surface area contributed by atoms with Crippen molar-refractivity contribution in [2.24, 2.45) is 0 Å². The van der Waals surface area contributed by atoms with Gasteiger partial charge >= 0.3 is 0 Å². The van der Waals surface area contributed by atoms with Gasteiger partial charge in [0.2, 0.25) is 0 Å². The number of fused-ring (bicyclic) bond motifs is 8. The first-order valence-corrected chi connectivity index (χ1v) is 14.8. The van der Waals surface area contributed by atoms with Crippen molar-refractivity contribution >= 4 is 22.5 Å². The number of benzene rings is 5. The highest BCUT2D eigenvalue weighted by Crippen LogP contribution is 2.54. The van der Waals surface area contributed by atoms with Gasteiger partial charge in [0.25, 0.3) is 0 Å². The lowest BCUT2D eigenvalue weighted by Gasteiger charge is -2.38. The Morgan fingerprint density at radius 3 is 2.32 bits per heavy atom. The SMILES string of the molecule is COc1ccc2c3c(c4c(c2c1)C=CC(c1ccccc1)(c1ccc(N2CCCCC2)cc1)O4)-c1ccccc1C3. The summed E-state index contributed by atoms with van der Waals surface area (Å²) in [7, 11) is 1.73. The van der Waals surface area contributed by atoms with Gasteiger partial charge in [0.1, 0.15) is 11.5 Å². The zero-order valence-electron chi connectivity index (χ0n) is 23.4. The molecule has 2 heterocycles. The summed E-state index contributed by atoms with van der Waals surface area (Å²) < 4.78 is 13.1. The summed E-state index contributed by atoms with van der Waals surface area (Å²) in [4.78, 5) is 2.51. The molecule has 0 spiro atoms. The van der Waals surface area contributed by atoms with Crippen molar-refractivity contribution in [3.05, 3.63) is 131 Å². The van der Waals surface area contributed by atoms with E-state index < -0.39 is 5.60 Å². The average molecular weight is 536 g/mol. The maximum absolute atomic E-state index is 7.42. The van der Waals surface area contributed by atoms with Crippen LogP contribution in [0.3, 0.4) is 0 Å². The lowest BCUT2D eigenvalue weighted by molar-refractivity contribution is 0.162. The second-order valence-electron chi connectivity index (χ2n) is 11.5. The van der Waals surface area contributed by atoms with E-state index in [2.05, 4.69) is 114 Å². The quantitative estimate of drug-likeness (QED) is 0.225. The van der Waals surface area contributed by atoms with Crippen LogP contribution in [0.15, 0.2) is 103 Å². The molecule has 2 aliphatic heterocycles. The normalized spacial score (nSPS) is 18.9. The van der Waals surface area contributed by atoms with Crippen LogP contribution in [0.5, 0.6) is 11.5 Å². The Morgan fingerprint density at radius 2 is 1.51 bits per heavy atom. The minimum absolute atomic E-state index is 0.744. The zero-order valence-corrected chi connectivity index (χ0v) is 23.4. The molecule has 0 aromatic heterocycles. The summed E-state index contributed by atoms with van der Waals surface area (Å²) >= 11 is 0. The topological polar surface area (TPSA) is 21.7 Å². The number of piperidine rings is 1. The predicted molar refractivity (Wildman–Crippen MR) is 168 cm³/mol. The fourth-order valence-corrected chi connectivity index (χ4v) is 7.14. The third kappa shape index (κ3) is 3.79. The molecular weight excluding hydrogens is 502 g/mol. The van der Waals surface area contributed by atoms with Gasteiger partial charge in [0.05, 0.1) is 7.11 Å². The molecule has 8 rings (SSSR count). The predicted octanol–water partition coefficient (Wildman–Crippen LogP) is 8.76. The number of anilines is 1. The molecular formula is C38H33NO2. The molecule has 3 nitrogen and oxygen atoms in total. The van der Waals surface area contributed by atoms with Gasteiger partial charge in [-0.1, -0.05) is 72.8 Å². The maximum atomic E-state index is 7.42. The molecule has 0 amide bonds. The van der Waals surface area contributed by atoms with E-state index in [0.29, 0.717) is 0 Å². The maximum Gasteiger partial charge on any atom is 0.178 e. The van der Waals surface area contributed by atoms with Crippen LogP contribution in [0.1, 0.15) is 47.1 Å². The molecule has 1 atom stereocenters. The van der Waals surface area contributed by atoms with Crippen LogP contribution in [0, 0.1) is 0 Å². The van der Waals surface area contributed by atoms with E-state index in [9.17, 15) is 0 Å². The Hall–Kier alpha value is -4.50. The smallest absolute Gasteiger partial charge is 0.178 e. The fourth-order valence-electron chi connectivity index (χ4n) is 7.14. The van der Waals surface area contributed by atoms with E-state index in [-0.39, 0.29) is 0 Å². The van der Waals surface area contributed by atoms with Crippen molar-refractivity contribution in [2.45, 2.75) is 31.3 Å². The first-order chi connectivity index (χ1) is 20.2. The highest BCUT2D eigenvalue weighted by Gasteiger charge is 2.40. The molecule has 1 aliphatic carbocycles. The van der Waals surface area contributed by atoms with Crippen LogP contribution in [-0.2, 0) is 12.0 Å². The van der Waals surface area contributed by atoms with Gasteiger partial charge in [-0.25, -0.2) is 0 Å². The third-order valence-electron chi connectivity index (χ3n) is 9.24. The molecule has 5 aromatic rings. The molecule has 202 valence electrons. The van der Waals surface area contributed by atoms with Crippen LogP contribution >= 0.6 is 0 Å². The molecule has 1 fully saturated rings. The van der Waals surface area contributed by atoms with Gasteiger partial charge in [-0.05, 0) is 89.6 Å². The first kappa shape index (κ1) is 24.3. The molecule has 41 heavy (non-hydrogen) atoms. The van der Waals surface area contributed by atoms with E-state index >= 15 is 0 Å². The number of nitrogens with zero attached hydrogens (tertiary/aromatic N) is 1. The van der Waals surface area contributed by atoms with E-state index in [4.69, 9.17) is 9.47 Å². The molecule has 1 saturated heterocycles. The lowest BCUT2D eigenvalue weighted by atomic mass is 9.82. The first-order valence-electron chi connectivity index (χ1n) is 14.8. The summed E-state index contributed by atoms with van der Waals surface area (Å²) in [6, 6.07) is 35.0. The molecule has 5 aromatic carbocycles. The summed E-state index contributed by atoms with van der Waals surface area (Å²) in [5, 5.41) is 2.44. The Kier molecular flexibility index (Phi) is 5.67. The van der Waals surface area contributed by atoms with Crippen molar-refractivity contribution in [2.75, 3.05) is 25.1 Å². The molecule has 1 unspecified atom stereocenters. The van der Waals surface area contributed by atoms with Crippen LogP contribution in [-0.4, -0.2) is 20.2 Å². The fraction of sp³-hybridized carbons (Fsp3) is 0.211. The van der Waals surface area contributed by atoms with E-state index in [1.807, 2.05) is 0 Å². The van der Waals surface area contributed by atoms with E-state index in [1.165, 1.54) is 58.0 Å². The Balaban J connectivity index is 1.35. The average Bonchev–Trinajstić information content (AvgIpc) is 3.45. The molecule has 0 saturated carbocycles. The monoisotopic (exact) mass is 535 g/mol. The summed E-state index contributed by atoms with van der Waals surface area (Å²) in [6.07, 6.45) is 9.31. The standard InChI is InChI=1S/C38H33NO2/c1-40-30-18-19-32-34(25-30)33-20-21-38(27-11-4-2-5-12-27,28-14-16-29(17-15-28)39-22-8-3-9-23-39)41-37(33)36-31-13-7-6-10-26(31)24-35(32)36/h2,4-7,10-21,25H,3,8-9,22-24H2,1H3. The number of ether oxygens (including phenoxy) is 2. The Labute approximate surface area is 241 Å². The van der Waals surface area contributed by atoms with Gasteiger partial charge in [-0.2, -0.15) is 0 Å². The van der Waals surface area contributed by atoms with Crippen molar-refractivity contribution in [1.82, 2.24) is 0 Å². The van der Waals surface area contributed by atoms with Gasteiger partial charge in [-0.15, -0.1) is 0 Å². The Morgan fingerprint density at radius 1 is 0.756 bits per heavy atom. The summed E-state index contributed by atoms with van der Waals surface area (Å²) in [5.74, 6) is 1.81. The van der Waals surface area contributed by atoms with Crippen molar-refractivity contribution in [1.29, 1.82) is 0 Å². The number of methoxy groups -OCH3 is 1. The highest BCUT2D eigenvalue weighted by molar-refractivity contribution is 6.05. The Bertz CT molecular complexity index is 1800. The second-order valence-corrected chi connectivity index (χ2v) is 11.5. The number of rotatable bonds is 4. The van der Waals surface area contributed by atoms with E-state index in [0.717, 1.165) is 47.7 Å². The van der Waals surface area contributed by atoms with Gasteiger partial charge in [0, 0.05) is 41.0 Å². The number of hydrogen-bond acceptors (Lipinski definition) is 3. The lowest BCUT2D eigenvalue weighted by Crippen LogP contribution is -2.35. The molecule has 0 N–H and O–H groups in total. The molecule has 3 aliphatic rings. The summed E-state index contributed by atoms with van der Waals surface area (Å²) in [6.45, 7) is 2.27. The van der Waals surface area contributed by atoms with Crippen molar-refractivity contribution in [3.63, 3.8) is 0 Å². The summed E-state index contributed by atoms with van der Waals surface area (Å²) in [5.41, 5.74) is 9.11. The molecule has 3 heteroatoms. The highest BCUT2D eigenvalue weighted by atomic mass is 16.5. The van der Waals surface area contributed by atoms with Crippen molar-refractivity contribution < 1.29 is 9.47 Å². The van der Waals surface area contributed by atoms with Gasteiger partial charge < -0.3 is 14.4 Å². The second kappa shape index (κ2) is 9.55. The van der Waals surface area contributed by atoms with Crippen LogP contribution in [0.25, 0.3) is 28.0 Å². The minimum atomic E-state index is -0.744. The van der Waals surface area contributed by atoms with Crippen LogP contribution in [0.4, 0.5) is 5.69 Å². The molecule has 0 radical (unpaired) electrons. The molecule has 0 bridgehead atoms. The van der Waals surface area contributed by atoms with Crippen LogP contribution in [0.2, 0.25) is 0 Å². The van der Waals surface area contributed by atoms with E-state index in [1.54, 1.807) is 7.11 Å². The number of hydrogen-bond donors (Lipinski definition) is 0. The van der Waals surface area contributed by atoms with Gasteiger partial charge in [0.15, 0.2) is 5.60 Å². The van der Waals surface area contributed by atoms with Crippen molar-refractivity contribution in [3.8, 4) is 22.6 Å². The van der Waals surface area contributed by atoms with Crippen LogP contribution < -0.4 is 14.4 Å². The van der Waals surface area contributed by atoms with Gasteiger partial charge in [-0.3, -0.25) is 0 Å². The minimum Gasteiger partial charge on any atom is -0.497 e.